The summed E-state index contributed by atoms with van der Waals surface area (Å²) in [6.07, 6.45) is 2.53. The van der Waals surface area contributed by atoms with Gasteiger partial charge in [0.1, 0.15) is 0 Å². The summed E-state index contributed by atoms with van der Waals surface area (Å²) in [4.78, 5) is 14.5. The number of nitrogens with zero attached hydrogens (tertiary/aromatic N) is 2. The third kappa shape index (κ3) is 3.10. The van der Waals surface area contributed by atoms with Crippen molar-refractivity contribution >= 4 is 27.5 Å². The van der Waals surface area contributed by atoms with Gasteiger partial charge in [-0.25, -0.2) is 0 Å². The summed E-state index contributed by atoms with van der Waals surface area (Å²) in [6.45, 7) is 3.64. The van der Waals surface area contributed by atoms with Crippen molar-refractivity contribution < 1.29 is 4.79 Å². The second-order valence-corrected chi connectivity index (χ2v) is 6.21. The van der Waals surface area contributed by atoms with E-state index in [1.807, 2.05) is 19.1 Å². The molecule has 1 amide bonds. The first-order chi connectivity index (χ1) is 10.1. The molecule has 0 radical (unpaired) electrons. The third-order valence-corrected chi connectivity index (χ3v) is 4.32. The molecule has 1 aliphatic heterocycles. The summed E-state index contributed by atoms with van der Waals surface area (Å²) in [5.74, 6) is -0.0519. The van der Waals surface area contributed by atoms with E-state index in [2.05, 4.69) is 48.5 Å². The Bertz CT molecular complexity index is 637. The van der Waals surface area contributed by atoms with E-state index in [0.29, 0.717) is 5.56 Å². The monoisotopic (exact) mass is 348 g/mol. The van der Waals surface area contributed by atoms with E-state index in [1.54, 1.807) is 6.20 Å². The zero-order valence-electron chi connectivity index (χ0n) is 11.8. The highest BCUT2D eigenvalue weighted by Gasteiger charge is 2.25. The second-order valence-electron chi connectivity index (χ2n) is 5.29. The number of rotatable bonds is 3. The van der Waals surface area contributed by atoms with Crippen molar-refractivity contribution in [1.29, 1.82) is 0 Å². The van der Waals surface area contributed by atoms with Gasteiger partial charge in [-0.3, -0.25) is 9.89 Å². The van der Waals surface area contributed by atoms with E-state index in [1.165, 1.54) is 5.69 Å². The first-order valence-electron chi connectivity index (χ1n) is 6.95. The summed E-state index contributed by atoms with van der Waals surface area (Å²) in [5, 5.41) is 9.76. The number of aromatic nitrogens is 2. The van der Waals surface area contributed by atoms with Crippen LogP contribution in [0.15, 0.2) is 34.9 Å². The molecule has 1 atom stereocenters. The number of amides is 1. The van der Waals surface area contributed by atoms with Crippen LogP contribution in [-0.2, 0) is 0 Å². The molecular formula is C15H17BrN4O. The second kappa shape index (κ2) is 5.89. The maximum Gasteiger partial charge on any atom is 0.255 e. The van der Waals surface area contributed by atoms with Crippen LogP contribution in [0.3, 0.4) is 0 Å². The Balaban J connectivity index is 1.61. The van der Waals surface area contributed by atoms with E-state index in [9.17, 15) is 4.79 Å². The molecule has 1 aliphatic rings. The number of hydrogen-bond donors (Lipinski definition) is 2. The molecule has 0 unspecified atom stereocenters. The number of carbonyl (C=O) groups is 1. The topological polar surface area (TPSA) is 61.0 Å². The van der Waals surface area contributed by atoms with Crippen molar-refractivity contribution in [3.05, 3.63) is 46.2 Å². The molecule has 1 saturated heterocycles. The Morgan fingerprint density at radius 3 is 2.86 bits per heavy atom. The van der Waals surface area contributed by atoms with Gasteiger partial charge in [-0.2, -0.15) is 5.10 Å². The number of halogens is 1. The van der Waals surface area contributed by atoms with Crippen molar-refractivity contribution in [2.24, 2.45) is 0 Å². The molecule has 2 N–H and O–H groups in total. The van der Waals surface area contributed by atoms with Gasteiger partial charge in [0, 0.05) is 35.0 Å². The molecule has 1 aromatic heterocycles. The summed E-state index contributed by atoms with van der Waals surface area (Å²) < 4.78 is 1.07. The fourth-order valence-electron chi connectivity index (χ4n) is 2.61. The van der Waals surface area contributed by atoms with Gasteiger partial charge in [-0.1, -0.05) is 15.9 Å². The number of aromatic amines is 1. The number of carbonyl (C=O) groups excluding carboxylic acids is 1. The molecule has 110 valence electrons. The average molecular weight is 349 g/mol. The summed E-state index contributed by atoms with van der Waals surface area (Å²) in [6, 6.07) is 8.44. The van der Waals surface area contributed by atoms with Gasteiger partial charge >= 0.3 is 0 Å². The highest BCUT2D eigenvalue weighted by atomic mass is 79.9. The molecular weight excluding hydrogens is 332 g/mol. The fourth-order valence-corrected chi connectivity index (χ4v) is 2.87. The number of H-pyrrole nitrogens is 1. The Morgan fingerprint density at radius 1 is 1.43 bits per heavy atom. The van der Waals surface area contributed by atoms with Crippen LogP contribution >= 0.6 is 15.9 Å². The predicted molar refractivity (Wildman–Crippen MR) is 85.6 cm³/mol. The Labute approximate surface area is 131 Å². The van der Waals surface area contributed by atoms with E-state index in [-0.39, 0.29) is 11.9 Å². The quantitative estimate of drug-likeness (QED) is 0.895. The molecule has 2 heterocycles. The molecule has 0 spiro atoms. The van der Waals surface area contributed by atoms with Crippen LogP contribution in [-0.4, -0.2) is 35.2 Å². The molecule has 21 heavy (non-hydrogen) atoms. The first kappa shape index (κ1) is 14.1. The summed E-state index contributed by atoms with van der Waals surface area (Å²) in [5.41, 5.74) is 2.61. The molecule has 3 rings (SSSR count). The lowest BCUT2D eigenvalue weighted by atomic mass is 10.2. The van der Waals surface area contributed by atoms with Gasteiger partial charge < -0.3 is 10.2 Å². The van der Waals surface area contributed by atoms with Crippen molar-refractivity contribution in [3.63, 3.8) is 0 Å². The minimum absolute atomic E-state index is 0.0519. The Morgan fingerprint density at radius 2 is 2.19 bits per heavy atom. The van der Waals surface area contributed by atoms with Gasteiger partial charge in [-0.05, 0) is 37.6 Å². The fraction of sp³-hybridized carbons (Fsp3) is 0.333. The molecule has 6 heteroatoms. The van der Waals surface area contributed by atoms with Gasteiger partial charge in [0.2, 0.25) is 0 Å². The summed E-state index contributed by atoms with van der Waals surface area (Å²) in [7, 11) is 0. The molecule has 1 aromatic carbocycles. The van der Waals surface area contributed by atoms with Crippen molar-refractivity contribution in [1.82, 2.24) is 15.5 Å². The highest BCUT2D eigenvalue weighted by molar-refractivity contribution is 9.10. The van der Waals surface area contributed by atoms with E-state index >= 15 is 0 Å². The van der Waals surface area contributed by atoms with Gasteiger partial charge in [-0.15, -0.1) is 0 Å². The van der Waals surface area contributed by atoms with Crippen molar-refractivity contribution in [2.45, 2.75) is 19.4 Å². The Hall–Kier alpha value is -1.82. The number of nitrogens with one attached hydrogen (secondary N) is 2. The van der Waals surface area contributed by atoms with Crippen LogP contribution in [0.25, 0.3) is 0 Å². The SMILES string of the molecule is Cc1[nH]ncc1C(=O)N[C@H]1CCN(c2ccc(Br)cc2)C1. The molecule has 5 nitrogen and oxygen atoms in total. The van der Waals surface area contributed by atoms with Crippen LogP contribution in [0.1, 0.15) is 22.5 Å². The van der Waals surface area contributed by atoms with Crippen molar-refractivity contribution in [2.75, 3.05) is 18.0 Å². The minimum atomic E-state index is -0.0519. The molecule has 0 bridgehead atoms. The van der Waals surface area contributed by atoms with Crippen LogP contribution in [0.5, 0.6) is 0 Å². The van der Waals surface area contributed by atoms with Crippen molar-refractivity contribution in [3.8, 4) is 0 Å². The van der Waals surface area contributed by atoms with Crippen LogP contribution in [0, 0.1) is 6.92 Å². The lowest BCUT2D eigenvalue weighted by Gasteiger charge is -2.19. The number of anilines is 1. The zero-order chi connectivity index (χ0) is 14.8. The van der Waals surface area contributed by atoms with E-state index in [4.69, 9.17) is 0 Å². The lowest BCUT2D eigenvalue weighted by Crippen LogP contribution is -2.37. The highest BCUT2D eigenvalue weighted by Crippen LogP contribution is 2.22. The standard InChI is InChI=1S/C15H17BrN4O/c1-10-14(8-17-19-10)15(21)18-12-6-7-20(9-12)13-4-2-11(16)3-5-13/h2-5,8,12H,6-7,9H2,1H3,(H,17,19)(H,18,21)/t12-/m0/s1. The smallest absolute Gasteiger partial charge is 0.255 e. The van der Waals surface area contributed by atoms with Gasteiger partial charge in [0.15, 0.2) is 0 Å². The summed E-state index contributed by atoms with van der Waals surface area (Å²) >= 11 is 3.44. The Kier molecular flexibility index (Phi) is 3.96. The first-order valence-corrected chi connectivity index (χ1v) is 7.74. The van der Waals surface area contributed by atoms with Gasteiger partial charge in [0.05, 0.1) is 11.8 Å². The van der Waals surface area contributed by atoms with E-state index < -0.39 is 0 Å². The number of hydrogen-bond acceptors (Lipinski definition) is 3. The maximum atomic E-state index is 12.2. The molecule has 0 aliphatic carbocycles. The van der Waals surface area contributed by atoms with Crippen LogP contribution in [0.4, 0.5) is 5.69 Å². The van der Waals surface area contributed by atoms with E-state index in [0.717, 1.165) is 29.7 Å². The number of benzene rings is 1. The molecule has 2 aromatic rings. The van der Waals surface area contributed by atoms with Crippen LogP contribution in [0.2, 0.25) is 0 Å². The molecule has 0 saturated carbocycles. The largest absolute Gasteiger partial charge is 0.369 e. The number of aryl methyl sites for hydroxylation is 1. The predicted octanol–water partition coefficient (Wildman–Crippen LogP) is 2.49. The maximum absolute atomic E-state index is 12.2. The van der Waals surface area contributed by atoms with Crippen LogP contribution < -0.4 is 10.2 Å². The average Bonchev–Trinajstić information content (AvgIpc) is 3.09. The van der Waals surface area contributed by atoms with Gasteiger partial charge in [0.25, 0.3) is 5.91 Å². The zero-order valence-corrected chi connectivity index (χ0v) is 13.4. The lowest BCUT2D eigenvalue weighted by molar-refractivity contribution is 0.0940. The molecule has 1 fully saturated rings. The normalized spacial score (nSPS) is 18.0. The third-order valence-electron chi connectivity index (χ3n) is 3.79. The minimum Gasteiger partial charge on any atom is -0.369 e.